The van der Waals surface area contributed by atoms with Crippen LogP contribution in [0.25, 0.3) is 0 Å². The molecule has 0 aliphatic carbocycles. The Balaban J connectivity index is 2.43. The van der Waals surface area contributed by atoms with Gasteiger partial charge in [-0.05, 0) is 32.0 Å². The summed E-state index contributed by atoms with van der Waals surface area (Å²) in [6.07, 6.45) is 0. The molecule has 0 fully saturated rings. The van der Waals surface area contributed by atoms with Gasteiger partial charge >= 0.3 is 0 Å². The lowest BCUT2D eigenvalue weighted by molar-refractivity contribution is 0.422. The third-order valence-corrected chi connectivity index (χ3v) is 2.94. The molecular formula is C12H12BrFN4O. The van der Waals surface area contributed by atoms with Crippen LogP contribution in [0, 0.1) is 19.7 Å². The highest BCUT2D eigenvalue weighted by Crippen LogP contribution is 2.30. The van der Waals surface area contributed by atoms with Gasteiger partial charge < -0.3 is 10.2 Å². The van der Waals surface area contributed by atoms with Gasteiger partial charge in [0.25, 0.3) is 0 Å². The summed E-state index contributed by atoms with van der Waals surface area (Å²) in [6.45, 7) is 3.43. The zero-order chi connectivity index (χ0) is 14.0. The molecule has 2 rings (SSSR count). The topological polar surface area (TPSA) is 73.1 Å². The Morgan fingerprint density at radius 3 is 2.74 bits per heavy atom. The predicted octanol–water partition coefficient (Wildman–Crippen LogP) is 3.07. The first kappa shape index (κ1) is 13.7. The molecule has 0 saturated carbocycles. The molecule has 5 nitrogen and oxygen atoms in total. The van der Waals surface area contributed by atoms with Crippen molar-refractivity contribution in [1.82, 2.24) is 9.97 Å². The van der Waals surface area contributed by atoms with Gasteiger partial charge in [0.2, 0.25) is 5.88 Å². The summed E-state index contributed by atoms with van der Waals surface area (Å²) in [5, 5.41) is 0. The summed E-state index contributed by atoms with van der Waals surface area (Å²) < 4.78 is 19.8. The number of nitrogens with one attached hydrogen (secondary N) is 1. The van der Waals surface area contributed by atoms with Crippen molar-refractivity contribution >= 4 is 21.7 Å². The molecule has 100 valence electrons. The van der Waals surface area contributed by atoms with Gasteiger partial charge in [-0.2, -0.15) is 4.98 Å². The lowest BCUT2D eigenvalue weighted by Crippen LogP contribution is -2.12. The SMILES string of the molecule is Cc1nc(NN)c(C)c(Oc2cc(Br)ccc2F)n1. The van der Waals surface area contributed by atoms with Gasteiger partial charge in [-0.25, -0.2) is 15.2 Å². The summed E-state index contributed by atoms with van der Waals surface area (Å²) in [6, 6.07) is 4.43. The van der Waals surface area contributed by atoms with Crippen LogP contribution >= 0.6 is 15.9 Å². The number of benzene rings is 1. The lowest BCUT2D eigenvalue weighted by atomic mass is 10.3. The lowest BCUT2D eigenvalue weighted by Gasteiger charge is -2.12. The molecule has 0 aliphatic rings. The predicted molar refractivity (Wildman–Crippen MR) is 73.5 cm³/mol. The van der Waals surface area contributed by atoms with E-state index in [4.69, 9.17) is 10.6 Å². The van der Waals surface area contributed by atoms with Gasteiger partial charge in [-0.15, -0.1) is 0 Å². The number of aryl methyl sites for hydroxylation is 1. The van der Waals surface area contributed by atoms with Crippen LogP contribution in [0.4, 0.5) is 10.2 Å². The maximum atomic E-state index is 13.6. The number of hydrazine groups is 1. The molecule has 1 aromatic carbocycles. The van der Waals surface area contributed by atoms with Crippen LogP contribution in [0.1, 0.15) is 11.4 Å². The quantitative estimate of drug-likeness (QED) is 0.669. The molecule has 1 heterocycles. The van der Waals surface area contributed by atoms with Crippen molar-refractivity contribution in [1.29, 1.82) is 0 Å². The number of nitrogens with two attached hydrogens (primary N) is 1. The number of halogens is 2. The minimum atomic E-state index is -0.471. The fourth-order valence-electron chi connectivity index (χ4n) is 1.50. The van der Waals surface area contributed by atoms with E-state index >= 15 is 0 Å². The minimum absolute atomic E-state index is 0.0820. The molecule has 0 unspecified atom stereocenters. The van der Waals surface area contributed by atoms with Crippen molar-refractivity contribution in [2.75, 3.05) is 5.43 Å². The number of ether oxygens (including phenoxy) is 1. The van der Waals surface area contributed by atoms with E-state index in [1.54, 1.807) is 19.9 Å². The standard InChI is InChI=1S/C12H12BrFN4O/c1-6-11(18-15)16-7(2)17-12(6)19-10-5-8(13)3-4-9(10)14/h3-5H,15H2,1-2H3,(H,16,17,18). The van der Waals surface area contributed by atoms with Crippen LogP contribution in [0.5, 0.6) is 11.6 Å². The van der Waals surface area contributed by atoms with E-state index < -0.39 is 5.82 Å². The van der Waals surface area contributed by atoms with E-state index in [1.807, 2.05) is 0 Å². The number of hydrogen-bond acceptors (Lipinski definition) is 5. The molecule has 19 heavy (non-hydrogen) atoms. The van der Waals surface area contributed by atoms with E-state index in [1.165, 1.54) is 12.1 Å². The Hall–Kier alpha value is -1.73. The first-order valence-electron chi connectivity index (χ1n) is 5.46. The number of hydrogen-bond donors (Lipinski definition) is 2. The highest BCUT2D eigenvalue weighted by Gasteiger charge is 2.13. The summed E-state index contributed by atoms with van der Waals surface area (Å²) in [5.41, 5.74) is 3.06. The molecule has 0 radical (unpaired) electrons. The highest BCUT2D eigenvalue weighted by molar-refractivity contribution is 9.10. The second kappa shape index (κ2) is 5.50. The smallest absolute Gasteiger partial charge is 0.227 e. The largest absolute Gasteiger partial charge is 0.435 e. The number of aromatic nitrogens is 2. The molecule has 0 aliphatic heterocycles. The van der Waals surface area contributed by atoms with Crippen molar-refractivity contribution in [3.8, 4) is 11.6 Å². The molecule has 2 aromatic rings. The van der Waals surface area contributed by atoms with Crippen LogP contribution in [0.15, 0.2) is 22.7 Å². The molecule has 0 spiro atoms. The van der Waals surface area contributed by atoms with Crippen molar-refractivity contribution < 1.29 is 9.13 Å². The fourth-order valence-corrected chi connectivity index (χ4v) is 1.84. The molecular weight excluding hydrogens is 315 g/mol. The molecule has 0 amide bonds. The first-order valence-corrected chi connectivity index (χ1v) is 6.25. The van der Waals surface area contributed by atoms with Crippen LogP contribution in [0.2, 0.25) is 0 Å². The normalized spacial score (nSPS) is 10.4. The first-order chi connectivity index (χ1) is 9.01. The minimum Gasteiger partial charge on any atom is -0.435 e. The van der Waals surface area contributed by atoms with Crippen molar-refractivity contribution in [3.05, 3.63) is 39.9 Å². The van der Waals surface area contributed by atoms with Crippen LogP contribution in [-0.2, 0) is 0 Å². The average Bonchev–Trinajstić information content (AvgIpc) is 2.37. The van der Waals surface area contributed by atoms with Crippen LogP contribution in [0.3, 0.4) is 0 Å². The summed E-state index contributed by atoms with van der Waals surface area (Å²) in [5.74, 6) is 6.15. The second-order valence-corrected chi connectivity index (χ2v) is 4.79. The van der Waals surface area contributed by atoms with E-state index in [2.05, 4.69) is 31.3 Å². The van der Waals surface area contributed by atoms with Crippen molar-refractivity contribution in [3.63, 3.8) is 0 Å². The molecule has 7 heteroatoms. The van der Waals surface area contributed by atoms with E-state index in [9.17, 15) is 4.39 Å². The number of rotatable bonds is 3. The van der Waals surface area contributed by atoms with E-state index in [-0.39, 0.29) is 11.6 Å². The zero-order valence-corrected chi connectivity index (χ0v) is 12.0. The van der Waals surface area contributed by atoms with Gasteiger partial charge in [0.1, 0.15) is 11.6 Å². The van der Waals surface area contributed by atoms with Crippen LogP contribution < -0.4 is 16.0 Å². The Morgan fingerprint density at radius 2 is 2.05 bits per heavy atom. The Labute approximate surface area is 118 Å². The Bertz CT molecular complexity index is 621. The molecule has 1 aromatic heterocycles. The molecule has 0 bridgehead atoms. The average molecular weight is 327 g/mol. The number of nitrogen functional groups attached to an aromatic ring is 1. The molecule has 3 N–H and O–H groups in total. The zero-order valence-electron chi connectivity index (χ0n) is 10.4. The maximum absolute atomic E-state index is 13.6. The summed E-state index contributed by atoms with van der Waals surface area (Å²) in [7, 11) is 0. The third kappa shape index (κ3) is 2.99. The summed E-state index contributed by atoms with van der Waals surface area (Å²) >= 11 is 3.26. The third-order valence-electron chi connectivity index (χ3n) is 2.45. The van der Waals surface area contributed by atoms with Gasteiger partial charge in [0, 0.05) is 4.47 Å². The van der Waals surface area contributed by atoms with Gasteiger partial charge in [0.15, 0.2) is 11.6 Å². The highest BCUT2D eigenvalue weighted by atomic mass is 79.9. The Kier molecular flexibility index (Phi) is 3.96. The van der Waals surface area contributed by atoms with Gasteiger partial charge in [0.05, 0.1) is 5.56 Å². The monoisotopic (exact) mass is 326 g/mol. The fraction of sp³-hybridized carbons (Fsp3) is 0.167. The maximum Gasteiger partial charge on any atom is 0.227 e. The van der Waals surface area contributed by atoms with E-state index in [0.717, 1.165) is 0 Å². The number of nitrogens with zero attached hydrogens (tertiary/aromatic N) is 2. The van der Waals surface area contributed by atoms with Gasteiger partial charge in [-0.1, -0.05) is 15.9 Å². The molecule has 0 saturated heterocycles. The Morgan fingerprint density at radius 1 is 1.32 bits per heavy atom. The van der Waals surface area contributed by atoms with Crippen molar-refractivity contribution in [2.45, 2.75) is 13.8 Å². The number of anilines is 1. The van der Waals surface area contributed by atoms with E-state index in [0.29, 0.717) is 21.7 Å². The second-order valence-electron chi connectivity index (χ2n) is 3.87. The van der Waals surface area contributed by atoms with Crippen LogP contribution in [-0.4, -0.2) is 9.97 Å². The van der Waals surface area contributed by atoms with Crippen molar-refractivity contribution in [2.24, 2.45) is 5.84 Å². The van der Waals surface area contributed by atoms with Gasteiger partial charge in [-0.3, -0.25) is 0 Å². The molecule has 0 atom stereocenters. The summed E-state index contributed by atoms with van der Waals surface area (Å²) in [4.78, 5) is 8.24.